The van der Waals surface area contributed by atoms with Gasteiger partial charge in [-0.25, -0.2) is 0 Å². The SMILES string of the molecule is C=C(CN1CCC(C)C(OC)C1)[B-](F)(F)F. The highest BCUT2D eigenvalue weighted by atomic mass is 19.4. The summed E-state index contributed by atoms with van der Waals surface area (Å²) in [5, 5.41) is 0. The summed E-state index contributed by atoms with van der Waals surface area (Å²) in [5.41, 5.74) is -0.621. The fourth-order valence-electron chi connectivity index (χ4n) is 1.94. The van der Waals surface area contributed by atoms with Crippen LogP contribution in [0.15, 0.2) is 12.1 Å². The van der Waals surface area contributed by atoms with E-state index in [1.807, 2.05) is 0 Å². The van der Waals surface area contributed by atoms with Gasteiger partial charge in [-0.15, -0.1) is 12.1 Å². The predicted molar refractivity (Wildman–Crippen MR) is 59.2 cm³/mol. The molecular formula is C10H18BF3NO-. The van der Waals surface area contributed by atoms with E-state index < -0.39 is 12.4 Å². The third-order valence-corrected chi connectivity index (χ3v) is 3.17. The Hall–Kier alpha value is -0.485. The van der Waals surface area contributed by atoms with Crippen molar-refractivity contribution in [2.45, 2.75) is 19.4 Å². The van der Waals surface area contributed by atoms with Gasteiger partial charge in [-0.2, -0.15) is 0 Å². The summed E-state index contributed by atoms with van der Waals surface area (Å²) in [6.45, 7) is 1.42. The molecule has 1 fully saturated rings. The van der Waals surface area contributed by atoms with Crippen molar-refractivity contribution >= 4 is 6.98 Å². The van der Waals surface area contributed by atoms with Crippen molar-refractivity contribution in [1.82, 2.24) is 4.90 Å². The maximum atomic E-state index is 12.4. The topological polar surface area (TPSA) is 12.5 Å². The summed E-state index contributed by atoms with van der Waals surface area (Å²) in [6.07, 6.45) is 0.902. The van der Waals surface area contributed by atoms with Crippen LogP contribution in [0.2, 0.25) is 0 Å². The third kappa shape index (κ3) is 3.52. The fourth-order valence-corrected chi connectivity index (χ4v) is 1.94. The van der Waals surface area contributed by atoms with E-state index >= 15 is 0 Å². The van der Waals surface area contributed by atoms with Crippen molar-refractivity contribution in [3.05, 3.63) is 12.1 Å². The lowest BCUT2D eigenvalue weighted by molar-refractivity contribution is -0.00183. The van der Waals surface area contributed by atoms with Gasteiger partial charge in [-0.1, -0.05) is 6.92 Å². The molecule has 0 spiro atoms. The standard InChI is InChI=1S/C10H18BF3NO/c1-8-4-5-15(7-10(8)16-3)6-9(2)11(12,13)14/h8,10H,2,4-7H2,1,3H3/q-1. The van der Waals surface area contributed by atoms with Crippen molar-refractivity contribution in [3.8, 4) is 0 Å². The van der Waals surface area contributed by atoms with Crippen molar-refractivity contribution in [2.75, 3.05) is 26.7 Å². The number of ether oxygens (including phenoxy) is 1. The molecule has 2 atom stereocenters. The van der Waals surface area contributed by atoms with Crippen LogP contribution in [0.5, 0.6) is 0 Å². The van der Waals surface area contributed by atoms with Gasteiger partial charge in [0, 0.05) is 13.7 Å². The molecule has 0 bridgehead atoms. The van der Waals surface area contributed by atoms with Gasteiger partial charge in [0.15, 0.2) is 0 Å². The zero-order chi connectivity index (χ0) is 12.3. The molecule has 2 unspecified atom stereocenters. The van der Waals surface area contributed by atoms with E-state index in [0.717, 1.165) is 6.42 Å². The lowest BCUT2D eigenvalue weighted by atomic mass is 9.79. The quantitative estimate of drug-likeness (QED) is 0.694. The number of likely N-dealkylation sites (tertiary alicyclic amines) is 1. The summed E-state index contributed by atoms with van der Waals surface area (Å²) in [5.74, 6) is 0.408. The monoisotopic (exact) mass is 236 g/mol. The van der Waals surface area contributed by atoms with Gasteiger partial charge in [0.05, 0.1) is 6.10 Å². The van der Waals surface area contributed by atoms with Crippen LogP contribution >= 0.6 is 0 Å². The zero-order valence-corrected chi connectivity index (χ0v) is 9.76. The second kappa shape index (κ2) is 5.23. The Morgan fingerprint density at radius 3 is 2.62 bits per heavy atom. The summed E-state index contributed by atoms with van der Waals surface area (Å²) < 4.78 is 42.3. The predicted octanol–water partition coefficient (Wildman–Crippen LogP) is 2.29. The number of halogens is 3. The molecule has 1 heterocycles. The van der Waals surface area contributed by atoms with Crippen LogP contribution in [0.4, 0.5) is 12.9 Å². The Kier molecular flexibility index (Phi) is 4.44. The molecule has 2 nitrogen and oxygen atoms in total. The molecule has 0 aromatic carbocycles. The normalized spacial score (nSPS) is 28.1. The Morgan fingerprint density at radius 1 is 1.50 bits per heavy atom. The van der Waals surface area contributed by atoms with Crippen LogP contribution in [0.1, 0.15) is 13.3 Å². The molecule has 0 aromatic rings. The number of piperidine rings is 1. The van der Waals surface area contributed by atoms with E-state index in [1.165, 1.54) is 0 Å². The second-order valence-electron chi connectivity index (χ2n) is 4.51. The van der Waals surface area contributed by atoms with Crippen LogP contribution in [-0.4, -0.2) is 44.7 Å². The minimum absolute atomic E-state index is 0.0299. The molecule has 1 saturated heterocycles. The lowest BCUT2D eigenvalue weighted by Crippen LogP contribution is -2.45. The van der Waals surface area contributed by atoms with Crippen LogP contribution in [0.25, 0.3) is 0 Å². The van der Waals surface area contributed by atoms with E-state index in [0.29, 0.717) is 19.0 Å². The van der Waals surface area contributed by atoms with Crippen molar-refractivity contribution in [1.29, 1.82) is 0 Å². The zero-order valence-electron chi connectivity index (χ0n) is 9.76. The number of hydrogen-bond donors (Lipinski definition) is 0. The van der Waals surface area contributed by atoms with Gasteiger partial charge >= 0.3 is 6.98 Å². The van der Waals surface area contributed by atoms with Gasteiger partial charge in [-0.05, 0) is 25.4 Å². The average molecular weight is 236 g/mol. The molecular weight excluding hydrogens is 218 g/mol. The molecule has 1 aliphatic heterocycles. The van der Waals surface area contributed by atoms with Gasteiger partial charge in [0.1, 0.15) is 0 Å². The Labute approximate surface area is 94.5 Å². The Morgan fingerprint density at radius 2 is 2.12 bits per heavy atom. The molecule has 6 heteroatoms. The number of methoxy groups -OCH3 is 1. The maximum Gasteiger partial charge on any atom is 0.506 e. The second-order valence-corrected chi connectivity index (χ2v) is 4.51. The molecule has 0 amide bonds. The molecule has 0 N–H and O–H groups in total. The highest BCUT2D eigenvalue weighted by Crippen LogP contribution is 2.23. The maximum absolute atomic E-state index is 12.4. The number of hydrogen-bond acceptors (Lipinski definition) is 2. The van der Waals surface area contributed by atoms with Gasteiger partial charge in [0.2, 0.25) is 0 Å². The highest BCUT2D eigenvalue weighted by molar-refractivity contribution is 6.66. The summed E-state index contributed by atoms with van der Waals surface area (Å²) in [4.78, 5) is 1.77. The van der Waals surface area contributed by atoms with E-state index in [4.69, 9.17) is 4.74 Å². The first kappa shape index (κ1) is 13.6. The molecule has 0 aromatic heterocycles. The van der Waals surface area contributed by atoms with E-state index in [2.05, 4.69) is 13.5 Å². The van der Waals surface area contributed by atoms with Crippen LogP contribution in [0.3, 0.4) is 0 Å². The first-order chi connectivity index (χ1) is 7.34. The smallest absolute Gasteiger partial charge is 0.445 e. The minimum Gasteiger partial charge on any atom is -0.445 e. The van der Waals surface area contributed by atoms with E-state index in [1.54, 1.807) is 12.0 Å². The summed E-state index contributed by atoms with van der Waals surface area (Å²) in [7, 11) is 1.60. The molecule has 1 rings (SSSR count). The summed E-state index contributed by atoms with van der Waals surface area (Å²) in [6, 6.07) is 0. The van der Waals surface area contributed by atoms with E-state index in [9.17, 15) is 12.9 Å². The van der Waals surface area contributed by atoms with Gasteiger partial charge < -0.3 is 17.7 Å². The lowest BCUT2D eigenvalue weighted by Gasteiger charge is -2.37. The van der Waals surface area contributed by atoms with Crippen molar-refractivity contribution in [2.24, 2.45) is 5.92 Å². The highest BCUT2D eigenvalue weighted by Gasteiger charge is 2.31. The Balaban J connectivity index is 2.48. The van der Waals surface area contributed by atoms with Crippen molar-refractivity contribution in [3.63, 3.8) is 0 Å². The molecule has 16 heavy (non-hydrogen) atoms. The molecule has 0 aliphatic carbocycles. The number of nitrogens with zero attached hydrogens (tertiary/aromatic N) is 1. The van der Waals surface area contributed by atoms with Gasteiger partial charge in [0.25, 0.3) is 0 Å². The molecule has 0 radical (unpaired) electrons. The first-order valence-electron chi connectivity index (χ1n) is 5.47. The first-order valence-corrected chi connectivity index (χ1v) is 5.47. The number of rotatable bonds is 4. The third-order valence-electron chi connectivity index (χ3n) is 3.17. The molecule has 94 valence electrons. The van der Waals surface area contributed by atoms with Crippen molar-refractivity contribution < 1.29 is 17.7 Å². The van der Waals surface area contributed by atoms with Crippen LogP contribution in [-0.2, 0) is 4.74 Å². The molecule has 1 aliphatic rings. The largest absolute Gasteiger partial charge is 0.506 e. The van der Waals surface area contributed by atoms with Crippen LogP contribution in [0, 0.1) is 5.92 Å². The minimum atomic E-state index is -4.91. The van der Waals surface area contributed by atoms with Crippen LogP contribution < -0.4 is 0 Å². The fraction of sp³-hybridized carbons (Fsp3) is 0.800. The van der Waals surface area contributed by atoms with E-state index in [-0.39, 0.29) is 12.6 Å². The van der Waals surface area contributed by atoms with Gasteiger partial charge in [-0.3, -0.25) is 4.90 Å². The molecule has 0 saturated carbocycles. The summed E-state index contributed by atoms with van der Waals surface area (Å²) >= 11 is 0. The average Bonchev–Trinajstić information content (AvgIpc) is 2.19. The Bertz CT molecular complexity index is 257.